The monoisotopic (exact) mass is 294 g/mol. The van der Waals surface area contributed by atoms with Crippen LogP contribution in [-0.4, -0.2) is 47.8 Å². The van der Waals surface area contributed by atoms with E-state index in [0.717, 1.165) is 38.9 Å². The molecule has 0 aromatic heterocycles. The number of benzene rings is 1. The molecule has 0 amide bonds. The van der Waals surface area contributed by atoms with Crippen molar-refractivity contribution in [1.29, 1.82) is 0 Å². The van der Waals surface area contributed by atoms with E-state index in [4.69, 9.17) is 9.84 Å². The Labute approximate surface area is 124 Å². The van der Waals surface area contributed by atoms with Gasteiger partial charge in [0.15, 0.2) is 0 Å². The highest BCUT2D eigenvalue weighted by Crippen LogP contribution is 2.18. The molecule has 1 heterocycles. The number of likely N-dealkylation sites (tertiary alicyclic amines) is 1. The van der Waals surface area contributed by atoms with Crippen molar-refractivity contribution in [3.8, 4) is 5.75 Å². The summed E-state index contributed by atoms with van der Waals surface area (Å²) < 4.78 is 5.58. The topological polar surface area (TPSA) is 75.8 Å². The van der Waals surface area contributed by atoms with Crippen LogP contribution < -0.4 is 4.74 Å². The van der Waals surface area contributed by atoms with Crippen LogP contribution in [0, 0.1) is 16.0 Å². The number of nitrogens with zero attached hydrogens (tertiary/aromatic N) is 2. The second-order valence-electron chi connectivity index (χ2n) is 5.42. The molecule has 0 aliphatic carbocycles. The fraction of sp³-hybridized carbons (Fsp3) is 0.600. The fourth-order valence-electron chi connectivity index (χ4n) is 2.53. The molecule has 6 heteroatoms. The lowest BCUT2D eigenvalue weighted by Gasteiger charge is -2.30. The molecule has 1 aromatic rings. The summed E-state index contributed by atoms with van der Waals surface area (Å²) in [4.78, 5) is 12.5. The van der Waals surface area contributed by atoms with Gasteiger partial charge in [0.25, 0.3) is 5.69 Å². The second-order valence-corrected chi connectivity index (χ2v) is 5.42. The van der Waals surface area contributed by atoms with Crippen molar-refractivity contribution in [3.63, 3.8) is 0 Å². The number of rotatable bonds is 7. The Morgan fingerprint density at radius 1 is 1.29 bits per heavy atom. The van der Waals surface area contributed by atoms with Gasteiger partial charge in [0.1, 0.15) is 5.75 Å². The van der Waals surface area contributed by atoms with Gasteiger partial charge in [0.2, 0.25) is 0 Å². The van der Waals surface area contributed by atoms with E-state index in [2.05, 4.69) is 4.90 Å². The van der Waals surface area contributed by atoms with E-state index in [1.807, 2.05) is 0 Å². The SMILES string of the molecule is O=[N+]([O-])c1ccc(OCCCN2CCC(CO)CC2)cc1. The molecule has 1 N–H and O–H groups in total. The number of hydrogen-bond donors (Lipinski definition) is 1. The Kier molecular flexibility index (Phi) is 5.95. The van der Waals surface area contributed by atoms with E-state index in [-0.39, 0.29) is 5.69 Å². The number of non-ortho nitro benzene ring substituents is 1. The molecule has 1 fully saturated rings. The van der Waals surface area contributed by atoms with Crippen molar-refractivity contribution in [2.45, 2.75) is 19.3 Å². The van der Waals surface area contributed by atoms with Gasteiger partial charge in [-0.3, -0.25) is 10.1 Å². The molecule has 1 saturated heterocycles. The van der Waals surface area contributed by atoms with E-state index < -0.39 is 4.92 Å². The summed E-state index contributed by atoms with van der Waals surface area (Å²) in [5.41, 5.74) is 0.0779. The van der Waals surface area contributed by atoms with Crippen molar-refractivity contribution >= 4 is 5.69 Å². The molecule has 2 rings (SSSR count). The van der Waals surface area contributed by atoms with E-state index >= 15 is 0 Å². The third-order valence-corrected chi connectivity index (χ3v) is 3.90. The van der Waals surface area contributed by atoms with Crippen molar-refractivity contribution in [1.82, 2.24) is 4.90 Å². The lowest BCUT2D eigenvalue weighted by Crippen LogP contribution is -2.35. The van der Waals surface area contributed by atoms with Gasteiger partial charge >= 0.3 is 0 Å². The molecule has 0 atom stereocenters. The van der Waals surface area contributed by atoms with Crippen LogP contribution in [-0.2, 0) is 0 Å². The van der Waals surface area contributed by atoms with Gasteiger partial charge in [-0.1, -0.05) is 0 Å². The summed E-state index contributed by atoms with van der Waals surface area (Å²) in [6.07, 6.45) is 3.07. The quantitative estimate of drug-likeness (QED) is 0.473. The van der Waals surface area contributed by atoms with Gasteiger partial charge in [-0.25, -0.2) is 0 Å². The summed E-state index contributed by atoms with van der Waals surface area (Å²) in [6, 6.07) is 6.17. The molecule has 1 aliphatic rings. The first-order chi connectivity index (χ1) is 10.2. The predicted molar refractivity (Wildman–Crippen MR) is 79.5 cm³/mol. The number of hydrogen-bond acceptors (Lipinski definition) is 5. The molecular weight excluding hydrogens is 272 g/mol. The van der Waals surface area contributed by atoms with Crippen LogP contribution in [0.25, 0.3) is 0 Å². The maximum Gasteiger partial charge on any atom is 0.269 e. The minimum absolute atomic E-state index is 0.0779. The van der Waals surface area contributed by atoms with Gasteiger partial charge in [0.05, 0.1) is 11.5 Å². The predicted octanol–water partition coefficient (Wildman–Crippen LogP) is 2.07. The number of nitro benzene ring substituents is 1. The Morgan fingerprint density at radius 2 is 1.95 bits per heavy atom. The van der Waals surface area contributed by atoms with E-state index in [1.54, 1.807) is 12.1 Å². The number of nitro groups is 1. The normalized spacial score (nSPS) is 16.8. The zero-order valence-electron chi connectivity index (χ0n) is 12.1. The molecule has 0 unspecified atom stereocenters. The number of piperidine rings is 1. The number of ether oxygens (including phenoxy) is 1. The average Bonchev–Trinajstić information content (AvgIpc) is 2.52. The maximum absolute atomic E-state index is 10.5. The van der Waals surface area contributed by atoms with Crippen LogP contribution in [0.15, 0.2) is 24.3 Å². The minimum Gasteiger partial charge on any atom is -0.494 e. The molecule has 1 aromatic carbocycles. The lowest BCUT2D eigenvalue weighted by molar-refractivity contribution is -0.384. The highest BCUT2D eigenvalue weighted by Gasteiger charge is 2.17. The van der Waals surface area contributed by atoms with Crippen molar-refractivity contribution in [3.05, 3.63) is 34.4 Å². The van der Waals surface area contributed by atoms with E-state index in [0.29, 0.717) is 24.9 Å². The third kappa shape index (κ3) is 4.99. The van der Waals surface area contributed by atoms with Gasteiger partial charge in [-0.05, 0) is 50.4 Å². The molecular formula is C15H22N2O4. The summed E-state index contributed by atoms with van der Waals surface area (Å²) in [7, 11) is 0. The van der Waals surface area contributed by atoms with Gasteiger partial charge in [-0.2, -0.15) is 0 Å². The minimum atomic E-state index is -0.417. The highest BCUT2D eigenvalue weighted by molar-refractivity contribution is 5.35. The Bertz CT molecular complexity index is 441. The largest absolute Gasteiger partial charge is 0.494 e. The van der Waals surface area contributed by atoms with Crippen molar-refractivity contribution < 1.29 is 14.8 Å². The number of aliphatic hydroxyl groups is 1. The van der Waals surface area contributed by atoms with Crippen LogP contribution >= 0.6 is 0 Å². The first kappa shape index (κ1) is 15.7. The summed E-state index contributed by atoms with van der Waals surface area (Å²) in [5.74, 6) is 1.14. The zero-order chi connectivity index (χ0) is 15.1. The third-order valence-electron chi connectivity index (χ3n) is 3.90. The maximum atomic E-state index is 10.5. The first-order valence-electron chi connectivity index (χ1n) is 7.39. The number of aliphatic hydroxyl groups excluding tert-OH is 1. The molecule has 116 valence electrons. The Hall–Kier alpha value is -1.66. The molecule has 6 nitrogen and oxygen atoms in total. The molecule has 1 aliphatic heterocycles. The summed E-state index contributed by atoms with van der Waals surface area (Å²) in [6.45, 7) is 3.99. The first-order valence-corrected chi connectivity index (χ1v) is 7.39. The van der Waals surface area contributed by atoms with Crippen LogP contribution in [0.2, 0.25) is 0 Å². The molecule has 0 spiro atoms. The Balaban J connectivity index is 1.62. The summed E-state index contributed by atoms with van der Waals surface area (Å²) in [5, 5.41) is 19.6. The molecule has 21 heavy (non-hydrogen) atoms. The van der Waals surface area contributed by atoms with Gasteiger partial charge in [-0.15, -0.1) is 0 Å². The van der Waals surface area contributed by atoms with Gasteiger partial charge in [0, 0.05) is 25.3 Å². The fourth-order valence-corrected chi connectivity index (χ4v) is 2.53. The van der Waals surface area contributed by atoms with Gasteiger partial charge < -0.3 is 14.7 Å². The highest BCUT2D eigenvalue weighted by atomic mass is 16.6. The van der Waals surface area contributed by atoms with Crippen molar-refractivity contribution in [2.24, 2.45) is 5.92 Å². The van der Waals surface area contributed by atoms with Crippen LogP contribution in [0.3, 0.4) is 0 Å². The summed E-state index contributed by atoms with van der Waals surface area (Å²) >= 11 is 0. The van der Waals surface area contributed by atoms with Crippen LogP contribution in [0.1, 0.15) is 19.3 Å². The standard InChI is InChI=1S/C15H22N2O4/c18-12-13-6-9-16(10-7-13)8-1-11-21-15-4-2-14(3-5-15)17(19)20/h2-5,13,18H,1,6-12H2. The average molecular weight is 294 g/mol. The van der Waals surface area contributed by atoms with E-state index in [9.17, 15) is 10.1 Å². The molecule has 0 saturated carbocycles. The molecule has 0 bridgehead atoms. The molecule has 0 radical (unpaired) electrons. The van der Waals surface area contributed by atoms with Crippen LogP contribution in [0.4, 0.5) is 5.69 Å². The zero-order valence-corrected chi connectivity index (χ0v) is 12.1. The van der Waals surface area contributed by atoms with Crippen LogP contribution in [0.5, 0.6) is 5.75 Å². The lowest BCUT2D eigenvalue weighted by atomic mass is 9.98. The van der Waals surface area contributed by atoms with E-state index in [1.165, 1.54) is 12.1 Å². The second kappa shape index (κ2) is 7.95. The van der Waals surface area contributed by atoms with Crippen molar-refractivity contribution in [2.75, 3.05) is 32.8 Å². The smallest absolute Gasteiger partial charge is 0.269 e. The Morgan fingerprint density at radius 3 is 2.52 bits per heavy atom.